The highest BCUT2D eigenvalue weighted by molar-refractivity contribution is 6.01. The molecule has 1 heterocycles. The molecule has 4 heteroatoms. The quantitative estimate of drug-likeness (QED) is 0.744. The maximum absolute atomic E-state index is 12.8. The molecule has 0 aliphatic carbocycles. The molecule has 1 aliphatic heterocycles. The molecule has 0 atom stereocenters. The summed E-state index contributed by atoms with van der Waals surface area (Å²) < 4.78 is 25.7. The van der Waals surface area contributed by atoms with Crippen LogP contribution in [0.4, 0.5) is 8.78 Å². The van der Waals surface area contributed by atoms with E-state index in [9.17, 15) is 13.6 Å². The largest absolute Gasteiger partial charge is 0.391 e. The van der Waals surface area contributed by atoms with Gasteiger partial charge in [-0.05, 0) is 11.8 Å². The molecule has 0 unspecified atom stereocenters. The SMILES string of the molecule is CC(F)(F)C(=O)C1=CNCCC1(C)C. The van der Waals surface area contributed by atoms with E-state index in [1.54, 1.807) is 0 Å². The van der Waals surface area contributed by atoms with Crippen LogP contribution in [0.3, 0.4) is 0 Å². The van der Waals surface area contributed by atoms with Crippen LogP contribution in [-0.2, 0) is 4.79 Å². The summed E-state index contributed by atoms with van der Waals surface area (Å²) in [6, 6.07) is 0. The Balaban J connectivity index is 2.97. The third kappa shape index (κ3) is 2.11. The van der Waals surface area contributed by atoms with Gasteiger partial charge in [0, 0.05) is 25.2 Å². The van der Waals surface area contributed by atoms with Gasteiger partial charge in [0.05, 0.1) is 0 Å². The average Bonchev–Trinajstić information content (AvgIpc) is 2.00. The summed E-state index contributed by atoms with van der Waals surface area (Å²) in [6.45, 7) is 4.98. The molecule has 0 saturated carbocycles. The standard InChI is InChI=1S/C10H15F2NO/c1-9(2)4-5-13-6-7(9)8(14)10(3,11)12/h6,13H,4-5H2,1-3H3. The zero-order valence-electron chi connectivity index (χ0n) is 8.66. The Bertz CT molecular complexity index is 276. The van der Waals surface area contributed by atoms with Gasteiger partial charge in [-0.2, -0.15) is 8.78 Å². The Morgan fingerprint density at radius 2 is 2.14 bits per heavy atom. The number of alkyl halides is 2. The van der Waals surface area contributed by atoms with Gasteiger partial charge >= 0.3 is 5.92 Å². The summed E-state index contributed by atoms with van der Waals surface area (Å²) in [7, 11) is 0. The van der Waals surface area contributed by atoms with Crippen LogP contribution < -0.4 is 5.32 Å². The van der Waals surface area contributed by atoms with E-state index in [2.05, 4.69) is 5.32 Å². The lowest BCUT2D eigenvalue weighted by atomic mass is 9.77. The minimum absolute atomic E-state index is 0.191. The molecule has 14 heavy (non-hydrogen) atoms. The minimum atomic E-state index is -3.28. The van der Waals surface area contributed by atoms with Crippen molar-refractivity contribution < 1.29 is 13.6 Å². The summed E-state index contributed by atoms with van der Waals surface area (Å²) in [5, 5.41) is 2.83. The van der Waals surface area contributed by atoms with Crippen molar-refractivity contribution in [1.82, 2.24) is 5.32 Å². The van der Waals surface area contributed by atoms with Crippen molar-refractivity contribution in [2.75, 3.05) is 6.54 Å². The molecule has 0 spiro atoms. The van der Waals surface area contributed by atoms with Gasteiger partial charge in [-0.25, -0.2) is 0 Å². The third-order valence-corrected chi connectivity index (χ3v) is 2.51. The Morgan fingerprint density at radius 3 is 2.57 bits per heavy atom. The van der Waals surface area contributed by atoms with Gasteiger partial charge in [-0.15, -0.1) is 0 Å². The van der Waals surface area contributed by atoms with Crippen LogP contribution in [0.25, 0.3) is 0 Å². The lowest BCUT2D eigenvalue weighted by Crippen LogP contribution is -2.38. The fourth-order valence-electron chi connectivity index (χ4n) is 1.50. The number of carbonyl (C=O) groups excluding carboxylic acids is 1. The van der Waals surface area contributed by atoms with Gasteiger partial charge in [0.25, 0.3) is 0 Å². The molecule has 1 aliphatic rings. The van der Waals surface area contributed by atoms with Crippen molar-refractivity contribution >= 4 is 5.78 Å². The lowest BCUT2D eigenvalue weighted by molar-refractivity contribution is -0.137. The van der Waals surface area contributed by atoms with Gasteiger partial charge in [0.15, 0.2) is 0 Å². The molecular weight excluding hydrogens is 188 g/mol. The number of halogens is 2. The van der Waals surface area contributed by atoms with Crippen molar-refractivity contribution in [2.45, 2.75) is 33.1 Å². The molecule has 0 amide bonds. The first-order valence-electron chi connectivity index (χ1n) is 4.62. The number of rotatable bonds is 2. The number of Topliss-reactive ketones (excluding diaryl/α,β-unsaturated/α-hetero) is 1. The highest BCUT2D eigenvalue weighted by Gasteiger charge is 2.41. The summed E-state index contributed by atoms with van der Waals surface area (Å²) in [4.78, 5) is 11.4. The Morgan fingerprint density at radius 1 is 1.57 bits per heavy atom. The van der Waals surface area contributed by atoms with Crippen LogP contribution in [-0.4, -0.2) is 18.3 Å². The molecule has 2 nitrogen and oxygen atoms in total. The Hall–Kier alpha value is -0.930. The van der Waals surface area contributed by atoms with Gasteiger partial charge in [0.2, 0.25) is 5.78 Å². The lowest BCUT2D eigenvalue weighted by Gasteiger charge is -2.32. The van der Waals surface area contributed by atoms with E-state index < -0.39 is 17.1 Å². The topological polar surface area (TPSA) is 29.1 Å². The summed E-state index contributed by atoms with van der Waals surface area (Å²) in [6.07, 6.45) is 2.11. The minimum Gasteiger partial charge on any atom is -0.391 e. The van der Waals surface area contributed by atoms with Crippen molar-refractivity contribution in [3.05, 3.63) is 11.8 Å². The molecule has 1 N–H and O–H groups in total. The summed E-state index contributed by atoms with van der Waals surface area (Å²) in [5.74, 6) is -4.35. The van der Waals surface area contributed by atoms with E-state index in [4.69, 9.17) is 0 Å². The zero-order chi connectivity index (χ0) is 11.0. The van der Waals surface area contributed by atoms with E-state index in [1.165, 1.54) is 6.20 Å². The zero-order valence-corrected chi connectivity index (χ0v) is 8.66. The number of ketones is 1. The smallest absolute Gasteiger partial charge is 0.306 e. The highest BCUT2D eigenvalue weighted by Crippen LogP contribution is 2.35. The van der Waals surface area contributed by atoms with Crippen LogP contribution in [0.1, 0.15) is 27.2 Å². The number of carbonyl (C=O) groups is 1. The molecule has 0 aromatic carbocycles. The first-order chi connectivity index (χ1) is 6.25. The molecule has 0 radical (unpaired) electrons. The molecule has 0 aromatic rings. The van der Waals surface area contributed by atoms with Crippen LogP contribution in [0.5, 0.6) is 0 Å². The van der Waals surface area contributed by atoms with E-state index >= 15 is 0 Å². The highest BCUT2D eigenvalue weighted by atomic mass is 19.3. The molecule has 80 valence electrons. The fraction of sp³-hybridized carbons (Fsp3) is 0.700. The molecular formula is C10H15F2NO. The summed E-state index contributed by atoms with van der Waals surface area (Å²) in [5.41, 5.74) is -0.266. The molecule has 0 bridgehead atoms. The average molecular weight is 203 g/mol. The Labute approximate surface area is 82.4 Å². The first-order valence-corrected chi connectivity index (χ1v) is 4.62. The predicted molar refractivity (Wildman–Crippen MR) is 50.1 cm³/mol. The molecule has 1 rings (SSSR count). The second kappa shape index (κ2) is 3.33. The van der Waals surface area contributed by atoms with Crippen LogP contribution >= 0.6 is 0 Å². The summed E-state index contributed by atoms with van der Waals surface area (Å²) >= 11 is 0. The van der Waals surface area contributed by atoms with Crippen molar-refractivity contribution in [3.63, 3.8) is 0 Å². The normalized spacial score (nSPS) is 21.1. The molecule has 0 aromatic heterocycles. The van der Waals surface area contributed by atoms with Crippen molar-refractivity contribution in [1.29, 1.82) is 0 Å². The predicted octanol–water partition coefficient (Wildman–Crippen LogP) is 2.11. The van der Waals surface area contributed by atoms with E-state index in [-0.39, 0.29) is 5.57 Å². The van der Waals surface area contributed by atoms with Crippen LogP contribution in [0.15, 0.2) is 11.8 Å². The van der Waals surface area contributed by atoms with Crippen molar-refractivity contribution in [3.8, 4) is 0 Å². The van der Waals surface area contributed by atoms with E-state index in [0.29, 0.717) is 13.3 Å². The van der Waals surface area contributed by atoms with Crippen LogP contribution in [0.2, 0.25) is 0 Å². The number of hydrogen-bond acceptors (Lipinski definition) is 2. The maximum atomic E-state index is 12.8. The van der Waals surface area contributed by atoms with Crippen LogP contribution in [0, 0.1) is 5.41 Å². The van der Waals surface area contributed by atoms with Gasteiger partial charge in [0.1, 0.15) is 0 Å². The van der Waals surface area contributed by atoms with E-state index in [1.807, 2.05) is 13.8 Å². The van der Waals surface area contributed by atoms with Gasteiger partial charge < -0.3 is 5.32 Å². The second-order valence-corrected chi connectivity index (χ2v) is 4.36. The Kier molecular flexibility index (Phi) is 2.65. The number of hydrogen-bond donors (Lipinski definition) is 1. The monoisotopic (exact) mass is 203 g/mol. The molecule has 0 fully saturated rings. The number of allylic oxidation sites excluding steroid dienone is 1. The van der Waals surface area contributed by atoms with Crippen molar-refractivity contribution in [2.24, 2.45) is 5.41 Å². The van der Waals surface area contributed by atoms with Gasteiger partial charge in [-0.1, -0.05) is 13.8 Å². The fourth-order valence-corrected chi connectivity index (χ4v) is 1.50. The first kappa shape index (κ1) is 11.1. The van der Waals surface area contributed by atoms with Gasteiger partial charge in [-0.3, -0.25) is 4.79 Å². The number of nitrogens with one attached hydrogen (secondary N) is 1. The maximum Gasteiger partial charge on any atom is 0.306 e. The second-order valence-electron chi connectivity index (χ2n) is 4.36. The third-order valence-electron chi connectivity index (χ3n) is 2.51. The molecule has 0 saturated heterocycles. The van der Waals surface area contributed by atoms with E-state index in [0.717, 1.165) is 6.54 Å².